The van der Waals surface area contributed by atoms with Gasteiger partial charge in [-0.3, -0.25) is 0 Å². The predicted molar refractivity (Wildman–Crippen MR) is 131 cm³/mol. The van der Waals surface area contributed by atoms with E-state index in [4.69, 9.17) is 5.11 Å². The molecule has 8 heteroatoms. The zero-order chi connectivity index (χ0) is 25.6. The van der Waals surface area contributed by atoms with Gasteiger partial charge >= 0.3 is 6.09 Å². The number of rotatable bonds is 10. The fraction of sp³-hybridized carbons (Fsp3) is 0.370. The first-order valence-electron chi connectivity index (χ1n) is 11.6. The summed E-state index contributed by atoms with van der Waals surface area (Å²) in [7, 11) is 0. The van der Waals surface area contributed by atoms with Crippen molar-refractivity contribution in [2.24, 2.45) is 5.41 Å². The molecule has 5 nitrogen and oxygen atoms in total. The van der Waals surface area contributed by atoms with Crippen LogP contribution in [0.1, 0.15) is 44.5 Å². The number of hydrogen-bond donors (Lipinski definition) is 3. The molecule has 2 aromatic carbocycles. The highest BCUT2D eigenvalue weighted by Crippen LogP contribution is 2.37. The summed E-state index contributed by atoms with van der Waals surface area (Å²) in [5, 5.41) is 14.5. The Labute approximate surface area is 204 Å². The van der Waals surface area contributed by atoms with Crippen molar-refractivity contribution in [1.29, 1.82) is 0 Å². The number of amides is 1. The molecule has 188 valence electrons. The summed E-state index contributed by atoms with van der Waals surface area (Å²) in [6, 6.07) is 14.0. The highest BCUT2D eigenvalue weighted by Gasteiger charge is 2.30. The normalized spacial score (nSPS) is 13.4. The molecule has 2 atom stereocenters. The van der Waals surface area contributed by atoms with Gasteiger partial charge in [-0.2, -0.15) is 0 Å². The number of benzene rings is 2. The number of aromatic nitrogens is 1. The Bertz CT molecular complexity index is 1130. The lowest BCUT2D eigenvalue weighted by molar-refractivity contribution is 0.184. The van der Waals surface area contributed by atoms with Gasteiger partial charge in [0.15, 0.2) is 0 Å². The third kappa shape index (κ3) is 7.11. The number of nitrogens with one attached hydrogen (secondary N) is 2. The van der Waals surface area contributed by atoms with Crippen LogP contribution >= 0.6 is 0 Å². The van der Waals surface area contributed by atoms with E-state index in [-0.39, 0.29) is 23.4 Å². The molecule has 0 fully saturated rings. The van der Waals surface area contributed by atoms with E-state index in [0.29, 0.717) is 18.7 Å². The first kappa shape index (κ1) is 26.3. The van der Waals surface area contributed by atoms with Gasteiger partial charge < -0.3 is 20.3 Å². The van der Waals surface area contributed by atoms with Gasteiger partial charge in [-0.1, -0.05) is 51.1 Å². The van der Waals surface area contributed by atoms with Crippen molar-refractivity contribution < 1.29 is 23.1 Å². The SMILES string of the molecule is CC(C)(C)[C@@H](NCCC(CF)NC(=O)O)c1cc(-c2cc(F)ccc2F)cn1Cc1ccccc1. The third-order valence-electron chi connectivity index (χ3n) is 5.88. The molecule has 0 saturated heterocycles. The number of carboxylic acid groups (broad SMARTS) is 1. The number of nitrogens with zero attached hydrogens (tertiary/aromatic N) is 1. The van der Waals surface area contributed by atoms with Crippen LogP contribution in [0.25, 0.3) is 11.1 Å². The van der Waals surface area contributed by atoms with Crippen LogP contribution in [0.2, 0.25) is 0 Å². The van der Waals surface area contributed by atoms with E-state index in [1.807, 2.05) is 47.2 Å². The van der Waals surface area contributed by atoms with Crippen molar-refractivity contribution in [2.75, 3.05) is 13.2 Å². The Balaban J connectivity index is 1.97. The summed E-state index contributed by atoms with van der Waals surface area (Å²) in [4.78, 5) is 10.9. The van der Waals surface area contributed by atoms with Gasteiger partial charge in [0.25, 0.3) is 0 Å². The first-order chi connectivity index (χ1) is 16.6. The minimum Gasteiger partial charge on any atom is -0.465 e. The molecule has 1 aromatic heterocycles. The molecule has 0 spiro atoms. The van der Waals surface area contributed by atoms with E-state index < -0.39 is 30.4 Å². The molecule has 35 heavy (non-hydrogen) atoms. The van der Waals surface area contributed by atoms with Crippen LogP contribution in [0.15, 0.2) is 60.8 Å². The lowest BCUT2D eigenvalue weighted by atomic mass is 9.84. The Morgan fingerprint density at radius 1 is 1.09 bits per heavy atom. The summed E-state index contributed by atoms with van der Waals surface area (Å²) in [5.41, 5.74) is 2.34. The van der Waals surface area contributed by atoms with Crippen molar-refractivity contribution in [3.8, 4) is 11.1 Å². The third-order valence-corrected chi connectivity index (χ3v) is 5.88. The zero-order valence-electron chi connectivity index (χ0n) is 20.2. The second-order valence-corrected chi connectivity index (χ2v) is 9.73. The largest absolute Gasteiger partial charge is 0.465 e. The first-order valence-corrected chi connectivity index (χ1v) is 11.6. The smallest absolute Gasteiger partial charge is 0.404 e. The van der Waals surface area contributed by atoms with E-state index in [2.05, 4.69) is 31.4 Å². The van der Waals surface area contributed by atoms with Crippen molar-refractivity contribution >= 4 is 6.09 Å². The molecule has 0 radical (unpaired) electrons. The number of halogens is 3. The van der Waals surface area contributed by atoms with Crippen molar-refractivity contribution in [3.05, 3.63) is 83.7 Å². The highest BCUT2D eigenvalue weighted by molar-refractivity contribution is 5.65. The Hall–Kier alpha value is -3.26. The zero-order valence-corrected chi connectivity index (χ0v) is 20.2. The standard InChI is InChI=1S/C27H32F3N3O2/c1-27(2,3)25(31-12-11-21(15-28)32-26(34)35)24-13-19(22-14-20(29)9-10-23(22)30)17-33(24)16-18-7-5-4-6-8-18/h4-10,13-14,17,21,25,31-32H,11-12,15-16H2,1-3H3,(H,34,35)/t21?,25-/m0/s1. The quantitative estimate of drug-likeness (QED) is 0.321. The lowest BCUT2D eigenvalue weighted by Crippen LogP contribution is -2.40. The van der Waals surface area contributed by atoms with Gasteiger partial charge in [0.1, 0.15) is 18.3 Å². The molecule has 3 aromatic rings. The average Bonchev–Trinajstić information content (AvgIpc) is 3.19. The molecule has 1 heterocycles. The van der Waals surface area contributed by atoms with Crippen molar-refractivity contribution in [2.45, 2.75) is 45.8 Å². The second-order valence-electron chi connectivity index (χ2n) is 9.73. The molecular formula is C27H32F3N3O2. The van der Waals surface area contributed by atoms with Crippen molar-refractivity contribution in [1.82, 2.24) is 15.2 Å². The Morgan fingerprint density at radius 3 is 2.43 bits per heavy atom. The predicted octanol–water partition coefficient (Wildman–Crippen LogP) is 6.15. The fourth-order valence-electron chi connectivity index (χ4n) is 4.17. The lowest BCUT2D eigenvalue weighted by Gasteiger charge is -2.33. The molecule has 1 amide bonds. The van der Waals surface area contributed by atoms with Crippen LogP contribution in [0, 0.1) is 17.0 Å². The summed E-state index contributed by atoms with van der Waals surface area (Å²) in [6.45, 7) is 6.23. The van der Waals surface area contributed by atoms with E-state index in [1.54, 1.807) is 0 Å². The van der Waals surface area contributed by atoms with Crippen LogP contribution in [0.3, 0.4) is 0 Å². The minimum atomic E-state index is -1.27. The van der Waals surface area contributed by atoms with Crippen LogP contribution in [0.5, 0.6) is 0 Å². The molecule has 0 aliphatic rings. The summed E-state index contributed by atoms with van der Waals surface area (Å²) >= 11 is 0. The maximum atomic E-state index is 14.6. The van der Waals surface area contributed by atoms with Gasteiger partial charge in [-0.05, 0) is 48.2 Å². The topological polar surface area (TPSA) is 66.3 Å². The van der Waals surface area contributed by atoms with E-state index in [0.717, 1.165) is 23.4 Å². The van der Waals surface area contributed by atoms with Crippen LogP contribution in [0.4, 0.5) is 18.0 Å². The molecule has 3 N–H and O–H groups in total. The molecule has 1 unspecified atom stereocenters. The monoisotopic (exact) mass is 487 g/mol. The number of carbonyl (C=O) groups is 1. The van der Waals surface area contributed by atoms with Crippen LogP contribution < -0.4 is 10.6 Å². The number of hydrogen-bond acceptors (Lipinski definition) is 2. The van der Waals surface area contributed by atoms with Gasteiger partial charge in [0, 0.05) is 29.6 Å². The van der Waals surface area contributed by atoms with E-state index in [9.17, 15) is 18.0 Å². The van der Waals surface area contributed by atoms with Gasteiger partial charge in [-0.25, -0.2) is 18.0 Å². The average molecular weight is 488 g/mol. The molecule has 3 rings (SSSR count). The van der Waals surface area contributed by atoms with Crippen LogP contribution in [-0.2, 0) is 6.54 Å². The summed E-state index contributed by atoms with van der Waals surface area (Å²) in [6.07, 6.45) is 0.815. The van der Waals surface area contributed by atoms with Crippen LogP contribution in [-0.4, -0.2) is 35.0 Å². The van der Waals surface area contributed by atoms with E-state index >= 15 is 0 Å². The van der Waals surface area contributed by atoms with Gasteiger partial charge in [-0.15, -0.1) is 0 Å². The highest BCUT2D eigenvalue weighted by atomic mass is 19.1. The summed E-state index contributed by atoms with van der Waals surface area (Å²) in [5.74, 6) is -1.03. The second kappa shape index (κ2) is 11.4. The van der Waals surface area contributed by atoms with Gasteiger partial charge in [0.05, 0.1) is 12.1 Å². The molecule has 0 saturated carbocycles. The Morgan fingerprint density at radius 2 is 1.80 bits per heavy atom. The number of alkyl halides is 1. The minimum absolute atomic E-state index is 0.175. The molecular weight excluding hydrogens is 455 g/mol. The van der Waals surface area contributed by atoms with E-state index in [1.165, 1.54) is 6.07 Å². The maximum absolute atomic E-state index is 14.6. The maximum Gasteiger partial charge on any atom is 0.404 e. The summed E-state index contributed by atoms with van der Waals surface area (Å²) < 4.78 is 43.8. The molecule has 0 aliphatic carbocycles. The van der Waals surface area contributed by atoms with Gasteiger partial charge in [0.2, 0.25) is 0 Å². The fourth-order valence-corrected chi connectivity index (χ4v) is 4.17. The van der Waals surface area contributed by atoms with Crippen molar-refractivity contribution in [3.63, 3.8) is 0 Å². The molecule has 0 aliphatic heterocycles. The molecule has 0 bridgehead atoms. The Kier molecular flexibility index (Phi) is 8.62.